The number of hydrogen-bond donors (Lipinski definition) is 1. The third-order valence-corrected chi connectivity index (χ3v) is 3.63. The van der Waals surface area contributed by atoms with E-state index in [1.807, 2.05) is 12.3 Å². The van der Waals surface area contributed by atoms with Gasteiger partial charge in [0.1, 0.15) is 0 Å². The SMILES string of the molecule is CC1CN(c2cnccc2CO)CC1N(C)C. The normalized spacial score (nSPS) is 24.6. The Balaban J connectivity index is 2.19. The molecule has 4 nitrogen and oxygen atoms in total. The van der Waals surface area contributed by atoms with Crippen molar-refractivity contribution in [2.75, 3.05) is 32.1 Å². The Hall–Kier alpha value is -1.13. The lowest BCUT2D eigenvalue weighted by Gasteiger charge is -2.23. The fourth-order valence-electron chi connectivity index (χ4n) is 2.65. The summed E-state index contributed by atoms with van der Waals surface area (Å²) in [6.45, 7) is 4.39. The van der Waals surface area contributed by atoms with Crippen molar-refractivity contribution < 1.29 is 5.11 Å². The Kier molecular flexibility index (Phi) is 3.64. The number of hydrogen-bond acceptors (Lipinski definition) is 4. The first-order chi connectivity index (χ1) is 8.13. The molecular weight excluding hydrogens is 214 g/mol. The summed E-state index contributed by atoms with van der Waals surface area (Å²) in [6, 6.07) is 2.46. The maximum Gasteiger partial charge on any atom is 0.0703 e. The minimum absolute atomic E-state index is 0.0787. The lowest BCUT2D eigenvalue weighted by atomic mass is 10.1. The maximum atomic E-state index is 9.35. The molecule has 1 fully saturated rings. The summed E-state index contributed by atoms with van der Waals surface area (Å²) < 4.78 is 0. The number of aliphatic hydroxyl groups is 1. The van der Waals surface area contributed by atoms with E-state index in [0.717, 1.165) is 24.3 Å². The monoisotopic (exact) mass is 235 g/mol. The van der Waals surface area contributed by atoms with Crippen molar-refractivity contribution in [1.29, 1.82) is 0 Å². The van der Waals surface area contributed by atoms with E-state index in [0.29, 0.717) is 12.0 Å². The van der Waals surface area contributed by atoms with E-state index in [4.69, 9.17) is 0 Å². The van der Waals surface area contributed by atoms with Crippen LogP contribution in [0, 0.1) is 5.92 Å². The van der Waals surface area contributed by atoms with Gasteiger partial charge in [0, 0.05) is 30.9 Å². The molecule has 2 rings (SSSR count). The largest absolute Gasteiger partial charge is 0.392 e. The van der Waals surface area contributed by atoms with Gasteiger partial charge in [0.25, 0.3) is 0 Å². The minimum Gasteiger partial charge on any atom is -0.392 e. The van der Waals surface area contributed by atoms with Crippen molar-refractivity contribution >= 4 is 5.69 Å². The van der Waals surface area contributed by atoms with Gasteiger partial charge in [-0.2, -0.15) is 0 Å². The van der Waals surface area contributed by atoms with Crippen molar-refractivity contribution in [2.24, 2.45) is 5.92 Å². The van der Waals surface area contributed by atoms with Crippen LogP contribution in [0.4, 0.5) is 5.69 Å². The Labute approximate surface area is 103 Å². The van der Waals surface area contributed by atoms with Crippen LogP contribution in [0.15, 0.2) is 18.5 Å². The van der Waals surface area contributed by atoms with Crippen molar-refractivity contribution in [2.45, 2.75) is 19.6 Å². The minimum atomic E-state index is 0.0787. The van der Waals surface area contributed by atoms with Crippen LogP contribution in [0.3, 0.4) is 0 Å². The Morgan fingerprint density at radius 3 is 2.82 bits per heavy atom. The molecule has 0 bridgehead atoms. The molecule has 2 heterocycles. The fourth-order valence-corrected chi connectivity index (χ4v) is 2.65. The summed E-state index contributed by atoms with van der Waals surface area (Å²) in [7, 11) is 4.25. The van der Waals surface area contributed by atoms with Gasteiger partial charge < -0.3 is 14.9 Å². The van der Waals surface area contributed by atoms with E-state index in [-0.39, 0.29) is 6.61 Å². The summed E-state index contributed by atoms with van der Waals surface area (Å²) in [5.74, 6) is 0.636. The molecule has 17 heavy (non-hydrogen) atoms. The van der Waals surface area contributed by atoms with Gasteiger partial charge in [0.05, 0.1) is 18.5 Å². The highest BCUT2D eigenvalue weighted by Crippen LogP contribution is 2.28. The number of nitrogens with zero attached hydrogens (tertiary/aromatic N) is 3. The van der Waals surface area contributed by atoms with Crippen LogP contribution in [0.1, 0.15) is 12.5 Å². The van der Waals surface area contributed by atoms with Crippen molar-refractivity contribution in [3.05, 3.63) is 24.0 Å². The molecule has 1 aromatic heterocycles. The molecule has 0 radical (unpaired) electrons. The zero-order valence-electron chi connectivity index (χ0n) is 10.8. The predicted molar refractivity (Wildman–Crippen MR) is 69.0 cm³/mol. The first-order valence-corrected chi connectivity index (χ1v) is 6.08. The van der Waals surface area contributed by atoms with Gasteiger partial charge in [-0.15, -0.1) is 0 Å². The fraction of sp³-hybridized carbons (Fsp3) is 0.615. The maximum absolute atomic E-state index is 9.35. The number of anilines is 1. The molecule has 2 atom stereocenters. The number of aliphatic hydroxyl groups excluding tert-OH is 1. The summed E-state index contributed by atoms with van der Waals surface area (Å²) in [4.78, 5) is 8.77. The number of rotatable bonds is 3. The molecule has 1 saturated heterocycles. The summed E-state index contributed by atoms with van der Waals surface area (Å²) in [5, 5.41) is 9.35. The number of aromatic nitrogens is 1. The molecule has 0 aliphatic carbocycles. The number of pyridine rings is 1. The molecule has 1 aromatic rings. The van der Waals surface area contributed by atoms with Gasteiger partial charge in [-0.3, -0.25) is 4.98 Å². The summed E-state index contributed by atoms with van der Waals surface area (Å²) in [5.41, 5.74) is 2.04. The lowest BCUT2D eigenvalue weighted by Crippen LogP contribution is -2.34. The zero-order valence-corrected chi connectivity index (χ0v) is 10.8. The van der Waals surface area contributed by atoms with Crippen LogP contribution in [0.25, 0.3) is 0 Å². The van der Waals surface area contributed by atoms with E-state index < -0.39 is 0 Å². The summed E-state index contributed by atoms with van der Waals surface area (Å²) >= 11 is 0. The molecule has 1 aliphatic heterocycles. The van der Waals surface area contributed by atoms with E-state index in [9.17, 15) is 5.11 Å². The van der Waals surface area contributed by atoms with Crippen molar-refractivity contribution in [3.63, 3.8) is 0 Å². The molecular formula is C13H21N3O. The van der Waals surface area contributed by atoms with Gasteiger partial charge in [0.2, 0.25) is 0 Å². The second-order valence-electron chi connectivity index (χ2n) is 5.08. The third-order valence-electron chi connectivity index (χ3n) is 3.63. The van der Waals surface area contributed by atoms with Crippen LogP contribution >= 0.6 is 0 Å². The summed E-state index contributed by atoms with van der Waals surface area (Å²) in [6.07, 6.45) is 3.59. The molecule has 4 heteroatoms. The molecule has 1 aliphatic rings. The topological polar surface area (TPSA) is 39.6 Å². The van der Waals surface area contributed by atoms with E-state index in [1.165, 1.54) is 0 Å². The second-order valence-corrected chi connectivity index (χ2v) is 5.08. The van der Waals surface area contributed by atoms with Crippen molar-refractivity contribution in [3.8, 4) is 0 Å². The van der Waals surface area contributed by atoms with Crippen LogP contribution in [-0.2, 0) is 6.61 Å². The molecule has 0 spiro atoms. The van der Waals surface area contributed by atoms with Crippen molar-refractivity contribution in [1.82, 2.24) is 9.88 Å². The highest BCUT2D eigenvalue weighted by atomic mass is 16.3. The Bertz CT molecular complexity index is 381. The van der Waals surface area contributed by atoms with Crippen LogP contribution in [-0.4, -0.2) is 48.2 Å². The van der Waals surface area contributed by atoms with Crippen LogP contribution < -0.4 is 4.90 Å². The quantitative estimate of drug-likeness (QED) is 0.847. The van der Waals surface area contributed by atoms with E-state index in [1.54, 1.807) is 6.20 Å². The van der Waals surface area contributed by atoms with Gasteiger partial charge >= 0.3 is 0 Å². The first-order valence-electron chi connectivity index (χ1n) is 6.08. The van der Waals surface area contributed by atoms with E-state index >= 15 is 0 Å². The molecule has 0 amide bonds. The van der Waals surface area contributed by atoms with Gasteiger partial charge in [-0.1, -0.05) is 6.92 Å². The standard InChI is InChI=1S/C13H21N3O/c1-10-7-16(8-13(10)15(2)3)12-6-14-5-4-11(12)9-17/h4-6,10,13,17H,7-9H2,1-3H3. The first kappa shape index (κ1) is 12.3. The zero-order chi connectivity index (χ0) is 12.4. The van der Waals surface area contributed by atoms with E-state index in [2.05, 4.69) is 35.8 Å². The molecule has 1 N–H and O–H groups in total. The molecule has 0 saturated carbocycles. The molecule has 0 aromatic carbocycles. The highest BCUT2D eigenvalue weighted by molar-refractivity contribution is 5.52. The van der Waals surface area contributed by atoms with Crippen LogP contribution in [0.5, 0.6) is 0 Å². The average Bonchev–Trinajstić information content (AvgIpc) is 2.71. The Morgan fingerprint density at radius 1 is 1.47 bits per heavy atom. The molecule has 2 unspecified atom stereocenters. The number of likely N-dealkylation sites (N-methyl/N-ethyl adjacent to an activating group) is 1. The molecule has 94 valence electrons. The average molecular weight is 235 g/mol. The van der Waals surface area contributed by atoms with Crippen LogP contribution in [0.2, 0.25) is 0 Å². The Morgan fingerprint density at radius 2 is 2.24 bits per heavy atom. The van der Waals surface area contributed by atoms with Gasteiger partial charge in [0.15, 0.2) is 0 Å². The smallest absolute Gasteiger partial charge is 0.0703 e. The predicted octanol–water partition coefficient (Wildman–Crippen LogP) is 0.960. The highest BCUT2D eigenvalue weighted by Gasteiger charge is 2.31. The van der Waals surface area contributed by atoms with Gasteiger partial charge in [-0.25, -0.2) is 0 Å². The van der Waals surface area contributed by atoms with Gasteiger partial charge in [-0.05, 0) is 26.1 Å². The second kappa shape index (κ2) is 5.02. The lowest BCUT2D eigenvalue weighted by molar-refractivity contribution is 0.266. The third kappa shape index (κ3) is 2.42.